The highest BCUT2D eigenvalue weighted by atomic mass is 16.4. The summed E-state index contributed by atoms with van der Waals surface area (Å²) in [5, 5.41) is 21.4. The van der Waals surface area contributed by atoms with Gasteiger partial charge in [-0.25, -0.2) is 0 Å². The van der Waals surface area contributed by atoms with Crippen LogP contribution in [-0.2, 0) is 20.8 Å². The number of nitrogens with zero attached hydrogens (tertiary/aromatic N) is 1. The summed E-state index contributed by atoms with van der Waals surface area (Å²) in [5.74, 6) is -1.69. The molecule has 1 aliphatic heterocycles. The van der Waals surface area contributed by atoms with E-state index in [9.17, 15) is 19.5 Å². The number of carboxylic acid groups (broad SMARTS) is 1. The van der Waals surface area contributed by atoms with Crippen molar-refractivity contribution in [3.8, 4) is 0 Å². The van der Waals surface area contributed by atoms with Crippen LogP contribution >= 0.6 is 0 Å². The fourth-order valence-electron chi connectivity index (χ4n) is 3.33. The molecule has 0 spiro atoms. The lowest BCUT2D eigenvalue weighted by atomic mass is 10.0. The van der Waals surface area contributed by atoms with E-state index in [1.54, 1.807) is 6.92 Å². The summed E-state index contributed by atoms with van der Waals surface area (Å²) >= 11 is 0. The number of aryl methyl sites for hydroxylation is 1. The number of amides is 1. The molecule has 3 N–H and O–H groups in total. The Morgan fingerprint density at radius 1 is 1.27 bits per heavy atom. The second kappa shape index (κ2) is 9.45. The number of nitrogens with one attached hydrogen (secondary N) is 1. The van der Waals surface area contributed by atoms with Gasteiger partial charge in [0, 0.05) is 6.54 Å². The van der Waals surface area contributed by atoms with Crippen molar-refractivity contribution < 1.29 is 24.6 Å². The monoisotopic (exact) mass is 362 g/mol. The average molecular weight is 362 g/mol. The molecule has 2 rings (SSSR count). The quantitative estimate of drug-likeness (QED) is 0.594. The minimum absolute atomic E-state index is 0.305. The molecule has 1 unspecified atom stereocenters. The Morgan fingerprint density at radius 3 is 2.58 bits per heavy atom. The van der Waals surface area contributed by atoms with Crippen LogP contribution in [0.4, 0.5) is 0 Å². The topological polar surface area (TPSA) is 107 Å². The van der Waals surface area contributed by atoms with Gasteiger partial charge in [0.25, 0.3) is 0 Å². The maximum atomic E-state index is 12.6. The molecule has 0 aromatic heterocycles. The molecule has 0 bridgehead atoms. The van der Waals surface area contributed by atoms with Crippen LogP contribution in [0.25, 0.3) is 0 Å². The summed E-state index contributed by atoms with van der Waals surface area (Å²) in [6.45, 7) is 1.47. The van der Waals surface area contributed by atoms with E-state index in [1.165, 1.54) is 4.90 Å². The number of ketones is 1. The van der Waals surface area contributed by atoms with Crippen molar-refractivity contribution in [2.24, 2.45) is 0 Å². The summed E-state index contributed by atoms with van der Waals surface area (Å²) in [5.41, 5.74) is 1.03. The first-order valence-corrected chi connectivity index (χ1v) is 8.91. The van der Waals surface area contributed by atoms with E-state index >= 15 is 0 Å². The van der Waals surface area contributed by atoms with Gasteiger partial charge in [-0.3, -0.25) is 19.7 Å². The van der Waals surface area contributed by atoms with Crippen molar-refractivity contribution in [3.05, 3.63) is 35.9 Å². The SMILES string of the molecule is C[C@H](NC(CCc1ccccc1)C(=O)O)C(=O)N1CCC[C@H]1C(=O)CO. The molecular weight excluding hydrogens is 336 g/mol. The predicted molar refractivity (Wildman–Crippen MR) is 95.6 cm³/mol. The molecule has 0 aliphatic carbocycles. The Kier molecular flexibility index (Phi) is 7.29. The van der Waals surface area contributed by atoms with Crippen LogP contribution in [0.15, 0.2) is 30.3 Å². The largest absolute Gasteiger partial charge is 0.480 e. The van der Waals surface area contributed by atoms with E-state index in [-0.39, 0.29) is 11.7 Å². The summed E-state index contributed by atoms with van der Waals surface area (Å²) in [4.78, 5) is 37.4. The number of aliphatic hydroxyl groups is 1. The number of rotatable bonds is 9. The lowest BCUT2D eigenvalue weighted by Gasteiger charge is -2.28. The summed E-state index contributed by atoms with van der Waals surface area (Å²) in [6.07, 6.45) is 2.18. The third kappa shape index (κ3) is 5.12. The minimum Gasteiger partial charge on any atom is -0.480 e. The molecule has 1 amide bonds. The molecule has 7 nitrogen and oxygen atoms in total. The second-order valence-corrected chi connectivity index (χ2v) is 6.62. The van der Waals surface area contributed by atoms with Crippen molar-refractivity contribution in [2.75, 3.05) is 13.2 Å². The fourth-order valence-corrected chi connectivity index (χ4v) is 3.33. The van der Waals surface area contributed by atoms with Crippen molar-refractivity contribution in [1.29, 1.82) is 0 Å². The van der Waals surface area contributed by atoms with E-state index in [0.717, 1.165) is 5.56 Å². The lowest BCUT2D eigenvalue weighted by molar-refractivity contribution is -0.142. The molecule has 7 heteroatoms. The first-order chi connectivity index (χ1) is 12.4. The first kappa shape index (κ1) is 20.1. The Bertz CT molecular complexity index is 634. The van der Waals surface area contributed by atoms with Gasteiger partial charge in [-0.1, -0.05) is 30.3 Å². The van der Waals surface area contributed by atoms with Gasteiger partial charge < -0.3 is 15.1 Å². The van der Waals surface area contributed by atoms with E-state index in [4.69, 9.17) is 5.11 Å². The number of Topliss-reactive ketones (excluding diaryl/α,β-unsaturated/α-hetero) is 1. The molecule has 0 saturated carbocycles. The fraction of sp³-hybridized carbons (Fsp3) is 0.526. The van der Waals surface area contributed by atoms with Crippen LogP contribution in [0.3, 0.4) is 0 Å². The normalized spacial score (nSPS) is 19.2. The van der Waals surface area contributed by atoms with Crippen LogP contribution in [0.5, 0.6) is 0 Å². The molecule has 1 saturated heterocycles. The van der Waals surface area contributed by atoms with Crippen LogP contribution < -0.4 is 5.32 Å². The number of aliphatic hydroxyl groups excluding tert-OH is 1. The van der Waals surface area contributed by atoms with E-state index < -0.39 is 30.7 Å². The zero-order valence-electron chi connectivity index (χ0n) is 14.9. The van der Waals surface area contributed by atoms with E-state index in [2.05, 4.69) is 5.32 Å². The van der Waals surface area contributed by atoms with Gasteiger partial charge in [-0.15, -0.1) is 0 Å². The van der Waals surface area contributed by atoms with Gasteiger partial charge >= 0.3 is 5.97 Å². The van der Waals surface area contributed by atoms with Crippen LogP contribution in [0, 0.1) is 0 Å². The molecule has 142 valence electrons. The Labute approximate surface area is 153 Å². The molecule has 1 aromatic carbocycles. The number of carboxylic acids is 1. The standard InChI is InChI=1S/C19H26N2O5/c1-13(18(24)21-11-5-8-16(21)17(23)12-22)20-15(19(25)26)10-9-14-6-3-2-4-7-14/h2-4,6-7,13,15-16,20,22H,5,8-12H2,1H3,(H,25,26)/t13-,15?,16-/m0/s1. The third-order valence-corrected chi connectivity index (χ3v) is 4.75. The Hall–Kier alpha value is -2.25. The Morgan fingerprint density at radius 2 is 1.96 bits per heavy atom. The number of carbonyl (C=O) groups excluding carboxylic acids is 2. The molecule has 3 atom stereocenters. The van der Waals surface area contributed by atoms with Crippen LogP contribution in [-0.4, -0.2) is 64.0 Å². The van der Waals surface area contributed by atoms with Crippen LogP contribution in [0.2, 0.25) is 0 Å². The van der Waals surface area contributed by atoms with Gasteiger partial charge in [0.05, 0.1) is 12.1 Å². The number of benzene rings is 1. The minimum atomic E-state index is -1.01. The highest BCUT2D eigenvalue weighted by molar-refractivity contribution is 5.92. The van der Waals surface area contributed by atoms with Crippen molar-refractivity contribution >= 4 is 17.7 Å². The average Bonchev–Trinajstić information content (AvgIpc) is 3.13. The number of hydrogen-bond acceptors (Lipinski definition) is 5. The lowest BCUT2D eigenvalue weighted by Crippen LogP contribution is -2.53. The molecule has 1 heterocycles. The molecule has 1 fully saturated rings. The first-order valence-electron chi connectivity index (χ1n) is 8.91. The molecule has 1 aromatic rings. The molecular formula is C19H26N2O5. The number of hydrogen-bond donors (Lipinski definition) is 3. The van der Waals surface area contributed by atoms with Gasteiger partial charge in [0.1, 0.15) is 12.6 Å². The van der Waals surface area contributed by atoms with Gasteiger partial charge in [0.2, 0.25) is 5.91 Å². The Balaban J connectivity index is 1.95. The maximum absolute atomic E-state index is 12.6. The maximum Gasteiger partial charge on any atom is 0.320 e. The van der Waals surface area contributed by atoms with Gasteiger partial charge in [0.15, 0.2) is 5.78 Å². The number of carbonyl (C=O) groups is 3. The molecule has 0 radical (unpaired) electrons. The summed E-state index contributed by atoms with van der Waals surface area (Å²) in [7, 11) is 0. The smallest absolute Gasteiger partial charge is 0.320 e. The number of likely N-dealkylation sites (tertiary alicyclic amines) is 1. The highest BCUT2D eigenvalue weighted by Crippen LogP contribution is 2.19. The predicted octanol–water partition coefficient (Wildman–Crippen LogP) is 0.603. The zero-order valence-corrected chi connectivity index (χ0v) is 14.9. The van der Waals surface area contributed by atoms with E-state index in [0.29, 0.717) is 32.2 Å². The summed E-state index contributed by atoms with van der Waals surface area (Å²) in [6, 6.07) is 7.38. The summed E-state index contributed by atoms with van der Waals surface area (Å²) < 4.78 is 0. The van der Waals surface area contributed by atoms with Crippen molar-refractivity contribution in [1.82, 2.24) is 10.2 Å². The van der Waals surface area contributed by atoms with Gasteiger partial charge in [-0.05, 0) is 38.2 Å². The van der Waals surface area contributed by atoms with Crippen molar-refractivity contribution in [3.63, 3.8) is 0 Å². The second-order valence-electron chi connectivity index (χ2n) is 6.62. The highest BCUT2D eigenvalue weighted by Gasteiger charge is 2.36. The van der Waals surface area contributed by atoms with Crippen LogP contribution in [0.1, 0.15) is 31.7 Å². The third-order valence-electron chi connectivity index (χ3n) is 4.75. The molecule has 26 heavy (non-hydrogen) atoms. The van der Waals surface area contributed by atoms with Gasteiger partial charge in [-0.2, -0.15) is 0 Å². The molecule has 1 aliphatic rings. The number of aliphatic carboxylic acids is 1. The van der Waals surface area contributed by atoms with Crippen molar-refractivity contribution in [2.45, 2.75) is 50.7 Å². The zero-order chi connectivity index (χ0) is 19.1. The van der Waals surface area contributed by atoms with E-state index in [1.807, 2.05) is 30.3 Å².